The number of hydrogen-bond acceptors (Lipinski definition) is 8. The van der Waals surface area contributed by atoms with Crippen LogP contribution in [0.4, 0.5) is 0 Å². The summed E-state index contributed by atoms with van der Waals surface area (Å²) in [5.41, 5.74) is 5.40. The molecule has 0 rings (SSSR count). The number of phosphoric ester groups is 1. The van der Waals surface area contributed by atoms with Crippen LogP contribution in [0.1, 0.15) is 316 Å². The number of esters is 2. The lowest BCUT2D eigenvalue weighted by molar-refractivity contribution is -0.161. The van der Waals surface area contributed by atoms with Crippen LogP contribution in [0.2, 0.25) is 0 Å². The molecule has 10 heteroatoms. The number of carbonyl (C=O) groups is 2. The van der Waals surface area contributed by atoms with Crippen molar-refractivity contribution in [1.29, 1.82) is 0 Å². The molecule has 0 spiro atoms. The molecule has 9 nitrogen and oxygen atoms in total. The monoisotopic (exact) mass is 1190 g/mol. The fourth-order valence-corrected chi connectivity index (χ4v) is 10.6. The minimum atomic E-state index is -4.40. The molecule has 0 aromatic heterocycles. The predicted octanol–water partition coefficient (Wildman–Crippen LogP) is 22.9. The third-order valence-corrected chi connectivity index (χ3v) is 15.9. The van der Waals surface area contributed by atoms with Gasteiger partial charge < -0.3 is 20.1 Å². The smallest absolute Gasteiger partial charge is 0.462 e. The van der Waals surface area contributed by atoms with Crippen LogP contribution in [0.3, 0.4) is 0 Å². The minimum absolute atomic E-state index is 0.0493. The lowest BCUT2D eigenvalue weighted by atomic mass is 10.0. The first-order valence-corrected chi connectivity index (χ1v) is 36.4. The van der Waals surface area contributed by atoms with E-state index in [0.29, 0.717) is 6.42 Å². The van der Waals surface area contributed by atoms with E-state index in [1.165, 1.54) is 180 Å². The predicted molar refractivity (Wildman–Crippen MR) is 362 cm³/mol. The Kier molecular flexibility index (Phi) is 66.1. The first-order valence-electron chi connectivity index (χ1n) is 34.9. The standard InChI is InChI=1S/C74H130NO8P/c1-3-5-7-9-11-13-15-17-19-21-23-25-27-29-31-32-33-34-35-36-37-38-39-40-41-43-45-47-49-51-53-55-57-59-61-63-65-67-74(77)83-72(71-82-84(78,79)81-69-68-75)70-80-73(76)66-64-62-60-58-56-54-52-50-48-46-44-42-30-28-26-24-22-20-18-16-14-12-10-8-6-4-2/h5,7,11,13,17,19,23,25,29,31,33-34,36-37,39-40,43,45,72H,3-4,6,8-10,12,14-16,18,20-22,24,26-28,30,32,35,38,41-42,44,46-71,75H2,1-2H3,(H,78,79)/b7-5-,13-11-,19-17-,25-23-,31-29-,34-33-,37-36-,40-39-,45-43-. The summed E-state index contributed by atoms with van der Waals surface area (Å²) in [7, 11) is -4.40. The van der Waals surface area contributed by atoms with E-state index >= 15 is 0 Å². The van der Waals surface area contributed by atoms with Gasteiger partial charge in [-0.05, 0) is 83.5 Å². The summed E-state index contributed by atoms with van der Waals surface area (Å²) in [4.78, 5) is 35.4. The van der Waals surface area contributed by atoms with Crippen LogP contribution in [0.25, 0.3) is 0 Å². The molecular weight excluding hydrogens is 1060 g/mol. The second-order valence-corrected chi connectivity index (χ2v) is 24.5. The molecule has 0 saturated heterocycles. The Balaban J connectivity index is 3.93. The van der Waals surface area contributed by atoms with E-state index in [2.05, 4.69) is 123 Å². The molecule has 0 fully saturated rings. The largest absolute Gasteiger partial charge is 0.472 e. The van der Waals surface area contributed by atoms with Gasteiger partial charge in [0.1, 0.15) is 6.61 Å². The molecule has 484 valence electrons. The fraction of sp³-hybridized carbons (Fsp3) is 0.730. The van der Waals surface area contributed by atoms with Gasteiger partial charge in [-0.15, -0.1) is 0 Å². The molecule has 0 aromatic rings. The summed E-state index contributed by atoms with van der Waals surface area (Å²) < 4.78 is 33.2. The van der Waals surface area contributed by atoms with E-state index in [4.69, 9.17) is 24.3 Å². The zero-order valence-corrected chi connectivity index (χ0v) is 55.3. The van der Waals surface area contributed by atoms with E-state index in [0.717, 1.165) is 103 Å². The van der Waals surface area contributed by atoms with Gasteiger partial charge in [0.2, 0.25) is 0 Å². The number of phosphoric acid groups is 1. The molecule has 0 aliphatic rings. The van der Waals surface area contributed by atoms with Crippen molar-refractivity contribution >= 4 is 19.8 Å². The number of unbranched alkanes of at least 4 members (excludes halogenated alkanes) is 34. The van der Waals surface area contributed by atoms with E-state index in [-0.39, 0.29) is 38.6 Å². The number of nitrogens with two attached hydrogens (primary N) is 1. The topological polar surface area (TPSA) is 134 Å². The second kappa shape index (κ2) is 68.8. The maximum Gasteiger partial charge on any atom is 0.472 e. The maximum atomic E-state index is 12.8. The van der Waals surface area contributed by atoms with E-state index in [1.54, 1.807) is 0 Å². The highest BCUT2D eigenvalue weighted by atomic mass is 31.2. The fourth-order valence-electron chi connectivity index (χ4n) is 9.81. The number of hydrogen-bond donors (Lipinski definition) is 2. The molecule has 0 heterocycles. The van der Waals surface area contributed by atoms with Gasteiger partial charge in [0.05, 0.1) is 13.2 Å². The normalized spacial score (nSPS) is 13.6. The summed E-state index contributed by atoms with van der Waals surface area (Å²) in [6, 6.07) is 0. The average Bonchev–Trinajstić information content (AvgIpc) is 3.58. The lowest BCUT2D eigenvalue weighted by Gasteiger charge is -2.19. The summed E-state index contributed by atoms with van der Waals surface area (Å²) in [6.07, 6.45) is 94.6. The molecule has 0 aliphatic carbocycles. The van der Waals surface area contributed by atoms with Gasteiger partial charge in [0, 0.05) is 19.4 Å². The highest BCUT2D eigenvalue weighted by molar-refractivity contribution is 7.47. The van der Waals surface area contributed by atoms with Gasteiger partial charge in [0.15, 0.2) is 6.10 Å². The highest BCUT2D eigenvalue weighted by Gasteiger charge is 2.26. The first kappa shape index (κ1) is 80.7. The molecular formula is C74H130NO8P. The Morgan fingerprint density at radius 3 is 0.976 bits per heavy atom. The number of rotatable bonds is 65. The van der Waals surface area contributed by atoms with Crippen molar-refractivity contribution in [2.45, 2.75) is 322 Å². The Morgan fingerprint density at radius 2 is 0.655 bits per heavy atom. The average molecular weight is 1190 g/mol. The molecule has 0 aliphatic heterocycles. The zero-order valence-electron chi connectivity index (χ0n) is 54.4. The van der Waals surface area contributed by atoms with Crippen LogP contribution in [0.5, 0.6) is 0 Å². The van der Waals surface area contributed by atoms with Crippen molar-refractivity contribution in [3.05, 3.63) is 109 Å². The maximum absolute atomic E-state index is 12.8. The van der Waals surface area contributed by atoms with Crippen molar-refractivity contribution in [1.82, 2.24) is 0 Å². The van der Waals surface area contributed by atoms with Crippen molar-refractivity contribution in [3.8, 4) is 0 Å². The van der Waals surface area contributed by atoms with Crippen molar-refractivity contribution in [2.24, 2.45) is 5.73 Å². The molecule has 0 amide bonds. The van der Waals surface area contributed by atoms with Gasteiger partial charge in [-0.25, -0.2) is 4.57 Å². The van der Waals surface area contributed by atoms with E-state index in [1.807, 2.05) is 0 Å². The van der Waals surface area contributed by atoms with Crippen molar-refractivity contribution in [2.75, 3.05) is 26.4 Å². The lowest BCUT2D eigenvalue weighted by Crippen LogP contribution is -2.29. The van der Waals surface area contributed by atoms with Crippen LogP contribution < -0.4 is 5.73 Å². The zero-order chi connectivity index (χ0) is 60.9. The third-order valence-electron chi connectivity index (χ3n) is 14.9. The molecule has 3 N–H and O–H groups in total. The SMILES string of the molecule is CC/C=C\C/C=C\C/C=C\C/C=C\C/C=C\C/C=C\C/C=C\C/C=C\C/C=C\CCCCCCCCCCCC(=O)OC(COC(=O)CCCCCCCCCCCCCCCCCCCCCCCCCCCC)COP(=O)(O)OCCN. The Hall–Kier alpha value is -3.33. The van der Waals surface area contributed by atoms with Crippen LogP contribution in [-0.2, 0) is 32.7 Å². The second-order valence-electron chi connectivity index (χ2n) is 23.0. The van der Waals surface area contributed by atoms with Crippen LogP contribution >= 0.6 is 7.82 Å². The Labute approximate surface area is 518 Å². The highest BCUT2D eigenvalue weighted by Crippen LogP contribution is 2.43. The van der Waals surface area contributed by atoms with Crippen LogP contribution in [0.15, 0.2) is 109 Å². The minimum Gasteiger partial charge on any atom is -0.462 e. The van der Waals surface area contributed by atoms with E-state index < -0.39 is 26.5 Å². The molecule has 2 atom stereocenters. The van der Waals surface area contributed by atoms with Gasteiger partial charge in [-0.3, -0.25) is 18.6 Å². The molecule has 0 saturated carbocycles. The van der Waals surface area contributed by atoms with Crippen LogP contribution in [0, 0.1) is 0 Å². The molecule has 0 radical (unpaired) electrons. The Morgan fingerprint density at radius 1 is 0.369 bits per heavy atom. The summed E-state index contributed by atoms with van der Waals surface area (Å²) in [5, 5.41) is 0. The number of allylic oxidation sites excluding steroid dienone is 18. The molecule has 0 bridgehead atoms. The van der Waals surface area contributed by atoms with Gasteiger partial charge in [-0.1, -0.05) is 329 Å². The first-order chi connectivity index (χ1) is 41.3. The summed E-state index contributed by atoms with van der Waals surface area (Å²) in [5.74, 6) is -0.827. The van der Waals surface area contributed by atoms with Gasteiger partial charge in [0.25, 0.3) is 0 Å². The molecule has 84 heavy (non-hydrogen) atoms. The van der Waals surface area contributed by atoms with Crippen molar-refractivity contribution < 1.29 is 37.6 Å². The third kappa shape index (κ3) is 67.8. The van der Waals surface area contributed by atoms with Crippen molar-refractivity contribution in [3.63, 3.8) is 0 Å². The number of ether oxygens (including phenoxy) is 2. The quantitative estimate of drug-likeness (QED) is 0.0264. The van der Waals surface area contributed by atoms with Gasteiger partial charge >= 0.3 is 19.8 Å². The number of carbonyl (C=O) groups excluding carboxylic acids is 2. The summed E-state index contributed by atoms with van der Waals surface area (Å²) >= 11 is 0. The van der Waals surface area contributed by atoms with Gasteiger partial charge in [-0.2, -0.15) is 0 Å². The van der Waals surface area contributed by atoms with E-state index in [9.17, 15) is 19.0 Å². The summed E-state index contributed by atoms with van der Waals surface area (Å²) in [6.45, 7) is 3.66. The molecule has 0 aromatic carbocycles. The van der Waals surface area contributed by atoms with Crippen LogP contribution in [-0.4, -0.2) is 49.3 Å². The Bertz CT molecular complexity index is 1740. The molecule has 2 unspecified atom stereocenters.